The van der Waals surface area contributed by atoms with Crippen molar-refractivity contribution < 1.29 is 10.0 Å². The van der Waals surface area contributed by atoms with Crippen molar-refractivity contribution in [3.8, 4) is 6.07 Å². The van der Waals surface area contributed by atoms with Gasteiger partial charge in [-0.3, -0.25) is 10.1 Å². The van der Waals surface area contributed by atoms with Crippen LogP contribution in [0, 0.1) is 27.4 Å². The molecule has 0 radical (unpaired) electrons. The molecule has 18 heavy (non-hydrogen) atoms. The van der Waals surface area contributed by atoms with Crippen LogP contribution in [0.4, 0.5) is 5.69 Å². The average molecular weight is 248 g/mol. The van der Waals surface area contributed by atoms with Crippen LogP contribution >= 0.6 is 0 Å². The van der Waals surface area contributed by atoms with Gasteiger partial charge in [0.25, 0.3) is 5.69 Å². The number of rotatable bonds is 4. The second kappa shape index (κ2) is 5.61. The number of nitrogens with zero attached hydrogens (tertiary/aromatic N) is 2. The third kappa shape index (κ3) is 2.84. The van der Waals surface area contributed by atoms with Crippen LogP contribution in [0.15, 0.2) is 18.2 Å². The van der Waals surface area contributed by atoms with Crippen molar-refractivity contribution in [1.82, 2.24) is 0 Å². The second-order valence-corrected chi connectivity index (χ2v) is 4.65. The SMILES string of the molecule is CC(C)C(c1ccc([N+](=O)[O-])cc1C#N)C(C)O. The molecule has 5 heteroatoms. The van der Waals surface area contributed by atoms with Gasteiger partial charge in [-0.2, -0.15) is 5.26 Å². The molecule has 1 N–H and O–H groups in total. The van der Waals surface area contributed by atoms with E-state index in [9.17, 15) is 15.2 Å². The molecule has 0 spiro atoms. The molecule has 0 amide bonds. The summed E-state index contributed by atoms with van der Waals surface area (Å²) in [6.45, 7) is 5.55. The highest BCUT2D eigenvalue weighted by atomic mass is 16.6. The molecule has 2 unspecified atom stereocenters. The number of nitro benzene ring substituents is 1. The Morgan fingerprint density at radius 2 is 2.00 bits per heavy atom. The lowest BCUT2D eigenvalue weighted by molar-refractivity contribution is -0.384. The van der Waals surface area contributed by atoms with Crippen molar-refractivity contribution in [2.45, 2.75) is 32.8 Å². The van der Waals surface area contributed by atoms with E-state index < -0.39 is 11.0 Å². The molecule has 0 fully saturated rings. The quantitative estimate of drug-likeness (QED) is 0.655. The van der Waals surface area contributed by atoms with Gasteiger partial charge in [-0.1, -0.05) is 19.9 Å². The summed E-state index contributed by atoms with van der Waals surface area (Å²) < 4.78 is 0. The molecule has 5 nitrogen and oxygen atoms in total. The van der Waals surface area contributed by atoms with E-state index in [-0.39, 0.29) is 23.1 Å². The third-order valence-corrected chi connectivity index (χ3v) is 2.97. The van der Waals surface area contributed by atoms with Crippen molar-refractivity contribution in [2.75, 3.05) is 0 Å². The Balaban J connectivity index is 3.32. The summed E-state index contributed by atoms with van der Waals surface area (Å²) in [6, 6.07) is 6.16. The zero-order valence-electron chi connectivity index (χ0n) is 10.6. The van der Waals surface area contributed by atoms with E-state index in [0.29, 0.717) is 5.56 Å². The molecule has 2 atom stereocenters. The molecule has 0 saturated carbocycles. The average Bonchev–Trinajstić information content (AvgIpc) is 2.28. The zero-order valence-corrected chi connectivity index (χ0v) is 10.6. The number of hydrogen-bond donors (Lipinski definition) is 1. The van der Waals surface area contributed by atoms with Crippen LogP contribution in [-0.4, -0.2) is 16.1 Å². The summed E-state index contributed by atoms with van der Waals surface area (Å²) in [5.41, 5.74) is 0.806. The molecule has 0 aliphatic heterocycles. The maximum Gasteiger partial charge on any atom is 0.270 e. The highest BCUT2D eigenvalue weighted by molar-refractivity contribution is 5.48. The van der Waals surface area contributed by atoms with Gasteiger partial charge in [-0.25, -0.2) is 0 Å². The summed E-state index contributed by atoms with van der Waals surface area (Å²) in [7, 11) is 0. The summed E-state index contributed by atoms with van der Waals surface area (Å²) in [5.74, 6) is -0.0704. The van der Waals surface area contributed by atoms with Crippen molar-refractivity contribution in [3.05, 3.63) is 39.4 Å². The first kappa shape index (κ1) is 14.1. The predicted molar refractivity (Wildman–Crippen MR) is 67.1 cm³/mol. The van der Waals surface area contributed by atoms with E-state index in [1.807, 2.05) is 19.9 Å². The van der Waals surface area contributed by atoms with Crippen molar-refractivity contribution >= 4 is 5.69 Å². The number of benzene rings is 1. The number of aliphatic hydroxyl groups is 1. The maximum atomic E-state index is 10.7. The number of nitro groups is 1. The first-order valence-electron chi connectivity index (χ1n) is 5.75. The third-order valence-electron chi connectivity index (χ3n) is 2.97. The fourth-order valence-electron chi connectivity index (χ4n) is 2.22. The van der Waals surface area contributed by atoms with Gasteiger partial charge in [0.15, 0.2) is 0 Å². The van der Waals surface area contributed by atoms with Gasteiger partial charge in [-0.05, 0) is 18.4 Å². The zero-order chi connectivity index (χ0) is 13.9. The normalized spacial score (nSPS) is 14.0. The summed E-state index contributed by atoms with van der Waals surface area (Å²) in [6.07, 6.45) is -0.612. The Labute approximate surface area is 106 Å². The second-order valence-electron chi connectivity index (χ2n) is 4.65. The summed E-state index contributed by atoms with van der Waals surface area (Å²) in [5, 5.41) is 29.5. The van der Waals surface area contributed by atoms with Gasteiger partial charge >= 0.3 is 0 Å². The Morgan fingerprint density at radius 1 is 1.39 bits per heavy atom. The molecular weight excluding hydrogens is 232 g/mol. The lowest BCUT2D eigenvalue weighted by atomic mass is 9.82. The number of nitriles is 1. The van der Waals surface area contributed by atoms with Gasteiger partial charge < -0.3 is 5.11 Å². The molecule has 96 valence electrons. The Bertz CT molecular complexity index is 481. The Kier molecular flexibility index (Phi) is 4.40. The molecule has 1 aromatic carbocycles. The molecule has 1 aromatic rings. The van der Waals surface area contributed by atoms with Crippen LogP contribution in [0.1, 0.15) is 37.8 Å². The van der Waals surface area contributed by atoms with Gasteiger partial charge in [0.2, 0.25) is 0 Å². The van der Waals surface area contributed by atoms with Gasteiger partial charge in [0, 0.05) is 18.1 Å². The lowest BCUT2D eigenvalue weighted by Gasteiger charge is -2.25. The molecule has 0 saturated heterocycles. The van der Waals surface area contributed by atoms with Crippen molar-refractivity contribution in [2.24, 2.45) is 5.92 Å². The van der Waals surface area contributed by atoms with E-state index in [0.717, 1.165) is 0 Å². The van der Waals surface area contributed by atoms with Crippen molar-refractivity contribution in [3.63, 3.8) is 0 Å². The van der Waals surface area contributed by atoms with Crippen LogP contribution in [0.25, 0.3) is 0 Å². The molecule has 0 aliphatic carbocycles. The molecule has 1 rings (SSSR count). The van der Waals surface area contributed by atoms with E-state index >= 15 is 0 Å². The number of aliphatic hydroxyl groups excluding tert-OH is 1. The lowest BCUT2D eigenvalue weighted by Crippen LogP contribution is -2.21. The Hall–Kier alpha value is -1.93. The van der Waals surface area contributed by atoms with E-state index in [2.05, 4.69) is 0 Å². The highest BCUT2D eigenvalue weighted by Gasteiger charge is 2.25. The standard InChI is InChI=1S/C13H16N2O3/c1-8(2)13(9(3)16)12-5-4-11(15(17)18)6-10(12)7-14/h4-6,8-9,13,16H,1-3H3. The van der Waals surface area contributed by atoms with E-state index in [1.165, 1.54) is 12.1 Å². The van der Waals surface area contributed by atoms with Crippen LogP contribution in [0.5, 0.6) is 0 Å². The van der Waals surface area contributed by atoms with Gasteiger partial charge in [0.1, 0.15) is 0 Å². The minimum Gasteiger partial charge on any atom is -0.393 e. The van der Waals surface area contributed by atoms with Crippen LogP contribution in [0.2, 0.25) is 0 Å². The van der Waals surface area contributed by atoms with Crippen LogP contribution in [0.3, 0.4) is 0 Å². The number of hydrogen-bond acceptors (Lipinski definition) is 4. The molecule has 0 aromatic heterocycles. The first-order chi connectivity index (χ1) is 8.38. The van der Waals surface area contributed by atoms with Crippen molar-refractivity contribution in [1.29, 1.82) is 5.26 Å². The molecular formula is C13H16N2O3. The molecule has 0 aliphatic rings. The van der Waals surface area contributed by atoms with Crippen LogP contribution in [-0.2, 0) is 0 Å². The fraction of sp³-hybridized carbons (Fsp3) is 0.462. The smallest absolute Gasteiger partial charge is 0.270 e. The van der Waals surface area contributed by atoms with Gasteiger partial charge in [0.05, 0.1) is 22.7 Å². The predicted octanol–water partition coefficient (Wildman–Crippen LogP) is 2.59. The minimum atomic E-state index is -0.612. The fourth-order valence-corrected chi connectivity index (χ4v) is 2.22. The minimum absolute atomic E-state index is 0.108. The Morgan fingerprint density at radius 3 is 2.39 bits per heavy atom. The molecule has 0 bridgehead atoms. The summed E-state index contributed by atoms with van der Waals surface area (Å²) in [4.78, 5) is 10.1. The topological polar surface area (TPSA) is 87.2 Å². The maximum absolute atomic E-state index is 10.7. The monoisotopic (exact) mass is 248 g/mol. The summed E-state index contributed by atoms with van der Waals surface area (Å²) >= 11 is 0. The van der Waals surface area contributed by atoms with E-state index in [1.54, 1.807) is 13.0 Å². The van der Waals surface area contributed by atoms with Crippen LogP contribution < -0.4 is 0 Å². The highest BCUT2D eigenvalue weighted by Crippen LogP contribution is 2.32. The molecule has 0 heterocycles. The first-order valence-corrected chi connectivity index (χ1v) is 5.75. The largest absolute Gasteiger partial charge is 0.393 e. The van der Waals surface area contributed by atoms with E-state index in [4.69, 9.17) is 5.26 Å². The van der Waals surface area contributed by atoms with Gasteiger partial charge in [-0.15, -0.1) is 0 Å². The number of non-ortho nitro benzene ring substituents is 1.